The van der Waals surface area contributed by atoms with Crippen LogP contribution in [-0.2, 0) is 12.7 Å². The largest absolute Gasteiger partial charge is 0.475 e. The molecule has 0 aliphatic heterocycles. The second-order valence-corrected chi connectivity index (χ2v) is 4.45. The molecule has 2 rings (SSSR count). The number of aromatic nitrogens is 2. The summed E-state index contributed by atoms with van der Waals surface area (Å²) in [5, 5.41) is 12.0. The Morgan fingerprint density at radius 2 is 2.16 bits per heavy atom. The molecule has 2 heterocycles. The van der Waals surface area contributed by atoms with E-state index < -0.39 is 17.8 Å². The van der Waals surface area contributed by atoms with E-state index in [1.807, 2.05) is 0 Å². The number of alkyl halides is 3. The van der Waals surface area contributed by atoms with Gasteiger partial charge in [0.05, 0.1) is 11.0 Å². The summed E-state index contributed by atoms with van der Waals surface area (Å²) in [5.74, 6) is -1.33. The third-order valence-corrected chi connectivity index (χ3v) is 2.76. The van der Waals surface area contributed by atoms with Crippen molar-refractivity contribution in [3.63, 3.8) is 0 Å². The fourth-order valence-electron chi connectivity index (χ4n) is 1.41. The average molecular weight is 339 g/mol. The van der Waals surface area contributed by atoms with Crippen LogP contribution in [0.4, 0.5) is 13.2 Å². The van der Waals surface area contributed by atoms with Crippen LogP contribution in [0.5, 0.6) is 0 Å². The van der Waals surface area contributed by atoms with Crippen LogP contribution < -0.4 is 0 Å². The van der Waals surface area contributed by atoms with Crippen molar-refractivity contribution in [2.75, 3.05) is 0 Å². The number of hydrogen-bond donors (Lipinski definition) is 1. The van der Waals surface area contributed by atoms with Crippen molar-refractivity contribution in [2.45, 2.75) is 12.7 Å². The van der Waals surface area contributed by atoms with Crippen molar-refractivity contribution in [3.8, 4) is 0 Å². The van der Waals surface area contributed by atoms with Gasteiger partial charge in [-0.1, -0.05) is 0 Å². The van der Waals surface area contributed by atoms with E-state index in [1.165, 1.54) is 12.1 Å². The fraction of sp³-hybridized carbons (Fsp3) is 0.200. The molecule has 0 saturated carbocycles. The molecule has 0 aliphatic rings. The average Bonchev–Trinajstić information content (AvgIpc) is 2.85. The first-order valence-corrected chi connectivity index (χ1v) is 5.69. The first-order valence-electron chi connectivity index (χ1n) is 4.89. The Balaban J connectivity index is 2.22. The number of rotatable bonds is 3. The fourth-order valence-corrected chi connectivity index (χ4v) is 1.95. The van der Waals surface area contributed by atoms with Crippen LogP contribution >= 0.6 is 15.9 Å². The maximum Gasteiger partial charge on any atom is 0.436 e. The number of carboxylic acid groups (broad SMARTS) is 1. The van der Waals surface area contributed by atoms with Crippen LogP contribution in [-0.4, -0.2) is 20.9 Å². The van der Waals surface area contributed by atoms with Gasteiger partial charge in [-0.15, -0.1) is 0 Å². The van der Waals surface area contributed by atoms with Gasteiger partial charge in [0.1, 0.15) is 5.76 Å². The maximum absolute atomic E-state index is 12.5. The van der Waals surface area contributed by atoms with Crippen molar-refractivity contribution in [1.29, 1.82) is 0 Å². The first-order chi connectivity index (χ1) is 8.77. The van der Waals surface area contributed by atoms with Crippen LogP contribution in [0.15, 0.2) is 27.2 Å². The molecule has 2 aromatic heterocycles. The maximum atomic E-state index is 12.5. The molecule has 5 nitrogen and oxygen atoms in total. The molecule has 102 valence electrons. The van der Waals surface area contributed by atoms with Gasteiger partial charge in [0.15, 0.2) is 5.69 Å². The van der Waals surface area contributed by atoms with E-state index in [0.717, 1.165) is 10.9 Å². The van der Waals surface area contributed by atoms with Crippen LogP contribution in [0.3, 0.4) is 0 Å². The number of aromatic carboxylic acids is 1. The lowest BCUT2D eigenvalue weighted by molar-refractivity contribution is -0.142. The molecule has 2 aromatic rings. The molecule has 1 N–H and O–H groups in total. The quantitative estimate of drug-likeness (QED) is 0.934. The van der Waals surface area contributed by atoms with Crippen molar-refractivity contribution in [1.82, 2.24) is 9.78 Å². The molecule has 0 unspecified atom stereocenters. The molecular formula is C10H6BrF3N2O3. The predicted octanol–water partition coefficient (Wildman–Crippen LogP) is 3.00. The zero-order chi connectivity index (χ0) is 14.2. The van der Waals surface area contributed by atoms with Crippen molar-refractivity contribution in [2.24, 2.45) is 0 Å². The molecule has 0 amide bonds. The lowest BCUT2D eigenvalue weighted by Crippen LogP contribution is -2.08. The molecule has 0 aromatic carbocycles. The predicted molar refractivity (Wildman–Crippen MR) is 59.7 cm³/mol. The molecule has 0 bridgehead atoms. The van der Waals surface area contributed by atoms with E-state index in [-0.39, 0.29) is 22.5 Å². The molecule has 0 fully saturated rings. The molecular weight excluding hydrogens is 333 g/mol. The molecule has 0 saturated heterocycles. The van der Waals surface area contributed by atoms with Crippen LogP contribution in [0.2, 0.25) is 0 Å². The van der Waals surface area contributed by atoms with Gasteiger partial charge in [-0.25, -0.2) is 4.79 Å². The molecule has 19 heavy (non-hydrogen) atoms. The summed E-state index contributed by atoms with van der Waals surface area (Å²) in [7, 11) is 0. The number of carbonyl (C=O) groups is 1. The minimum absolute atomic E-state index is 0.0953. The SMILES string of the molecule is O=C(O)c1ccc(Cn2cc(Br)c(C(F)(F)F)n2)o1. The van der Waals surface area contributed by atoms with Crippen LogP contribution in [0.25, 0.3) is 0 Å². The second kappa shape index (κ2) is 4.72. The molecule has 0 radical (unpaired) electrons. The Morgan fingerprint density at radius 1 is 1.47 bits per heavy atom. The highest BCUT2D eigenvalue weighted by molar-refractivity contribution is 9.10. The Kier molecular flexibility index (Phi) is 3.40. The summed E-state index contributed by atoms with van der Waals surface area (Å²) in [6.07, 6.45) is -3.41. The van der Waals surface area contributed by atoms with Gasteiger partial charge in [0, 0.05) is 6.20 Å². The number of nitrogens with zero attached hydrogens (tertiary/aromatic N) is 2. The zero-order valence-corrected chi connectivity index (χ0v) is 10.7. The van der Waals surface area contributed by atoms with Crippen LogP contribution in [0.1, 0.15) is 22.0 Å². The summed E-state index contributed by atoms with van der Waals surface area (Å²) in [4.78, 5) is 10.6. The zero-order valence-electron chi connectivity index (χ0n) is 9.11. The highest BCUT2D eigenvalue weighted by Gasteiger charge is 2.36. The third kappa shape index (κ3) is 2.98. The monoisotopic (exact) mass is 338 g/mol. The lowest BCUT2D eigenvalue weighted by Gasteiger charge is -2.02. The summed E-state index contributed by atoms with van der Waals surface area (Å²) in [6, 6.07) is 2.59. The lowest BCUT2D eigenvalue weighted by atomic mass is 10.4. The number of carboxylic acids is 1. The van der Waals surface area contributed by atoms with Gasteiger partial charge in [-0.05, 0) is 28.1 Å². The van der Waals surface area contributed by atoms with E-state index >= 15 is 0 Å². The van der Waals surface area contributed by atoms with Crippen molar-refractivity contribution >= 4 is 21.9 Å². The Morgan fingerprint density at radius 3 is 2.63 bits per heavy atom. The van der Waals surface area contributed by atoms with Crippen molar-refractivity contribution in [3.05, 3.63) is 40.0 Å². The molecule has 9 heteroatoms. The number of hydrogen-bond acceptors (Lipinski definition) is 3. The Hall–Kier alpha value is -1.77. The van der Waals surface area contributed by atoms with Gasteiger partial charge < -0.3 is 9.52 Å². The van der Waals surface area contributed by atoms with Gasteiger partial charge in [0.2, 0.25) is 5.76 Å². The highest BCUT2D eigenvalue weighted by atomic mass is 79.9. The summed E-state index contributed by atoms with van der Waals surface area (Å²) < 4.78 is 43.3. The normalized spacial score (nSPS) is 11.8. The molecule has 0 atom stereocenters. The van der Waals surface area contributed by atoms with E-state index in [2.05, 4.69) is 21.0 Å². The Bertz CT molecular complexity index is 618. The van der Waals surface area contributed by atoms with Crippen LogP contribution in [0, 0.1) is 0 Å². The van der Waals surface area contributed by atoms with Gasteiger partial charge in [-0.2, -0.15) is 18.3 Å². The van der Waals surface area contributed by atoms with Gasteiger partial charge in [-0.3, -0.25) is 4.68 Å². The molecule has 0 aliphatic carbocycles. The number of halogens is 4. The number of furan rings is 1. The first kappa shape index (κ1) is 13.7. The van der Waals surface area contributed by atoms with E-state index in [1.54, 1.807) is 0 Å². The van der Waals surface area contributed by atoms with Gasteiger partial charge >= 0.3 is 12.1 Å². The van der Waals surface area contributed by atoms with Crippen molar-refractivity contribution < 1.29 is 27.5 Å². The molecule has 0 spiro atoms. The standard InChI is InChI=1S/C10H6BrF3N2O3/c11-6-4-16(15-8(6)10(12,13)14)3-5-1-2-7(19-5)9(17)18/h1-2,4H,3H2,(H,17,18). The van der Waals surface area contributed by atoms with E-state index in [0.29, 0.717) is 0 Å². The highest BCUT2D eigenvalue weighted by Crippen LogP contribution is 2.33. The second-order valence-electron chi connectivity index (χ2n) is 3.59. The Labute approximate surface area is 112 Å². The summed E-state index contributed by atoms with van der Waals surface area (Å²) in [6.45, 7) is -0.0953. The topological polar surface area (TPSA) is 68.3 Å². The summed E-state index contributed by atoms with van der Waals surface area (Å²) in [5.41, 5.74) is -1.04. The smallest absolute Gasteiger partial charge is 0.436 e. The summed E-state index contributed by atoms with van der Waals surface area (Å²) >= 11 is 2.77. The van der Waals surface area contributed by atoms with E-state index in [4.69, 9.17) is 9.52 Å². The minimum atomic E-state index is -4.56. The minimum Gasteiger partial charge on any atom is -0.475 e. The van der Waals surface area contributed by atoms with E-state index in [9.17, 15) is 18.0 Å². The third-order valence-electron chi connectivity index (χ3n) is 2.18. The van der Waals surface area contributed by atoms with Gasteiger partial charge in [0.25, 0.3) is 0 Å².